The van der Waals surface area contributed by atoms with Crippen LogP contribution in [0, 0.1) is 5.92 Å². The summed E-state index contributed by atoms with van der Waals surface area (Å²) in [5.41, 5.74) is 1.33. The van der Waals surface area contributed by atoms with Crippen LogP contribution in [-0.4, -0.2) is 76.1 Å². The van der Waals surface area contributed by atoms with Gasteiger partial charge in [0.05, 0.1) is 31.7 Å². The number of pyridine rings is 1. The van der Waals surface area contributed by atoms with E-state index < -0.39 is 5.97 Å². The third-order valence-electron chi connectivity index (χ3n) is 4.39. The number of hydrogen-bond donors (Lipinski definition) is 1. The fourth-order valence-corrected chi connectivity index (χ4v) is 3.19. The van der Waals surface area contributed by atoms with E-state index in [4.69, 9.17) is 19.1 Å². The number of aliphatic carboxylic acids is 1. The third kappa shape index (κ3) is 4.17. The van der Waals surface area contributed by atoms with E-state index in [1.807, 2.05) is 24.1 Å². The molecule has 4 heterocycles. The van der Waals surface area contributed by atoms with Crippen LogP contribution in [0.25, 0.3) is 11.2 Å². The smallest absolute Gasteiger partial charge is 0.300 e. The van der Waals surface area contributed by atoms with E-state index in [2.05, 4.69) is 14.9 Å². The van der Waals surface area contributed by atoms with Gasteiger partial charge < -0.3 is 19.2 Å². The van der Waals surface area contributed by atoms with Crippen LogP contribution in [0.4, 0.5) is 0 Å². The Morgan fingerprint density at radius 3 is 2.88 bits per heavy atom. The average molecular weight is 362 g/mol. The van der Waals surface area contributed by atoms with Crippen LogP contribution in [-0.2, 0) is 20.9 Å². The number of oxazole rings is 1. The van der Waals surface area contributed by atoms with E-state index in [0.717, 1.165) is 13.5 Å². The van der Waals surface area contributed by atoms with E-state index in [0.29, 0.717) is 43.4 Å². The predicted octanol–water partition coefficient (Wildman–Crippen LogP) is 0.603. The molecule has 0 radical (unpaired) electrons. The normalized spacial score (nSPS) is 23.3. The van der Waals surface area contributed by atoms with Crippen LogP contribution in [0.5, 0.6) is 0 Å². The quantitative estimate of drug-likeness (QED) is 0.827. The molecule has 140 valence electrons. The minimum absolute atomic E-state index is 0.0857. The number of ether oxygens (including phenoxy) is 1. The van der Waals surface area contributed by atoms with Crippen molar-refractivity contribution in [2.45, 2.75) is 19.5 Å². The SMILES string of the molecule is CC(=O)O.CN1C(=O)[C@H]2COC[C@@H]1CN(Cc1nc3ncccc3o1)C2. The number of carbonyl (C=O) groups excluding carboxylic acids is 1. The Bertz CT molecular complexity index is 755. The molecule has 2 aliphatic rings. The van der Waals surface area contributed by atoms with Gasteiger partial charge in [0.2, 0.25) is 11.8 Å². The van der Waals surface area contributed by atoms with Gasteiger partial charge in [0.15, 0.2) is 11.2 Å². The molecule has 2 aliphatic heterocycles. The Labute approximate surface area is 150 Å². The number of aromatic nitrogens is 2. The molecule has 0 aromatic carbocycles. The Hall–Kier alpha value is -2.52. The van der Waals surface area contributed by atoms with Crippen LogP contribution in [0.3, 0.4) is 0 Å². The summed E-state index contributed by atoms with van der Waals surface area (Å²) in [6.07, 6.45) is 1.70. The third-order valence-corrected chi connectivity index (χ3v) is 4.39. The number of carboxylic acids is 1. The zero-order chi connectivity index (χ0) is 18.7. The monoisotopic (exact) mass is 362 g/mol. The van der Waals surface area contributed by atoms with E-state index in [1.54, 1.807) is 6.20 Å². The van der Waals surface area contributed by atoms with Gasteiger partial charge in [-0.2, -0.15) is 4.98 Å². The van der Waals surface area contributed by atoms with Gasteiger partial charge in [-0.15, -0.1) is 0 Å². The first-order valence-corrected chi connectivity index (χ1v) is 8.40. The molecule has 1 amide bonds. The summed E-state index contributed by atoms with van der Waals surface area (Å²) in [7, 11) is 1.86. The molecule has 2 saturated heterocycles. The lowest BCUT2D eigenvalue weighted by atomic mass is 10.1. The summed E-state index contributed by atoms with van der Waals surface area (Å²) in [6.45, 7) is 4.19. The molecule has 26 heavy (non-hydrogen) atoms. The molecule has 2 fully saturated rings. The second kappa shape index (κ2) is 7.79. The summed E-state index contributed by atoms with van der Waals surface area (Å²) in [6, 6.07) is 3.78. The molecule has 2 atom stereocenters. The summed E-state index contributed by atoms with van der Waals surface area (Å²) in [5.74, 6) is -0.131. The second-order valence-corrected chi connectivity index (χ2v) is 6.48. The van der Waals surface area contributed by atoms with E-state index in [1.165, 1.54) is 0 Å². The summed E-state index contributed by atoms with van der Waals surface area (Å²) in [4.78, 5) is 34.0. The van der Waals surface area contributed by atoms with Gasteiger partial charge in [0, 0.05) is 33.3 Å². The van der Waals surface area contributed by atoms with Crippen molar-refractivity contribution in [3.8, 4) is 0 Å². The molecule has 0 saturated carbocycles. The number of amides is 1. The lowest BCUT2D eigenvalue weighted by Gasteiger charge is -2.28. The molecule has 0 aliphatic carbocycles. The van der Waals surface area contributed by atoms with Gasteiger partial charge in [0.1, 0.15) is 0 Å². The number of rotatable bonds is 2. The summed E-state index contributed by atoms with van der Waals surface area (Å²) < 4.78 is 11.4. The first-order chi connectivity index (χ1) is 12.4. The first kappa shape index (κ1) is 18.3. The molecule has 0 spiro atoms. The van der Waals surface area contributed by atoms with Crippen LogP contribution < -0.4 is 0 Å². The predicted molar refractivity (Wildman–Crippen MR) is 91.3 cm³/mol. The van der Waals surface area contributed by atoms with Crippen molar-refractivity contribution in [3.63, 3.8) is 0 Å². The Morgan fingerprint density at radius 2 is 2.15 bits per heavy atom. The molecular formula is C17H22N4O5. The van der Waals surface area contributed by atoms with Gasteiger partial charge in [-0.25, -0.2) is 4.98 Å². The number of likely N-dealkylation sites (N-methyl/N-ethyl adjacent to an activating group) is 1. The molecule has 2 aromatic heterocycles. The van der Waals surface area contributed by atoms with Crippen molar-refractivity contribution in [3.05, 3.63) is 24.2 Å². The maximum absolute atomic E-state index is 12.3. The van der Waals surface area contributed by atoms with Crippen molar-refractivity contribution in [1.29, 1.82) is 0 Å². The molecule has 0 unspecified atom stereocenters. The van der Waals surface area contributed by atoms with Crippen LogP contribution >= 0.6 is 0 Å². The van der Waals surface area contributed by atoms with E-state index >= 15 is 0 Å². The summed E-state index contributed by atoms with van der Waals surface area (Å²) in [5, 5.41) is 7.42. The van der Waals surface area contributed by atoms with Crippen molar-refractivity contribution < 1.29 is 23.8 Å². The number of carbonyl (C=O) groups is 2. The van der Waals surface area contributed by atoms with Crippen LogP contribution in [0.15, 0.2) is 22.7 Å². The Kier molecular flexibility index (Phi) is 5.48. The standard InChI is InChI=1S/C15H18N4O3.C2H4O2/c1-18-11-6-19(5-10(15(18)20)8-21-9-11)7-13-17-14-12(22-13)3-2-4-16-14;1-2(3)4/h2-4,10-11H,5-9H2,1H3;1H3,(H,3,4)/t10-,11+;/m1./s1. The molecule has 1 N–H and O–H groups in total. The molecule has 2 aromatic rings. The van der Waals surface area contributed by atoms with Gasteiger partial charge in [-0.05, 0) is 12.1 Å². The number of hydrogen-bond acceptors (Lipinski definition) is 7. The van der Waals surface area contributed by atoms with Crippen LogP contribution in [0.1, 0.15) is 12.8 Å². The molecule has 4 rings (SSSR count). The minimum Gasteiger partial charge on any atom is -0.481 e. The zero-order valence-electron chi connectivity index (χ0n) is 14.8. The fourth-order valence-electron chi connectivity index (χ4n) is 3.19. The summed E-state index contributed by atoms with van der Waals surface area (Å²) >= 11 is 0. The minimum atomic E-state index is -0.833. The fraction of sp³-hybridized carbons (Fsp3) is 0.529. The number of carboxylic acid groups (broad SMARTS) is 1. The lowest BCUT2D eigenvalue weighted by Crippen LogP contribution is -2.42. The highest BCUT2D eigenvalue weighted by atomic mass is 16.5. The van der Waals surface area contributed by atoms with Crippen molar-refractivity contribution >= 4 is 23.1 Å². The Balaban J connectivity index is 0.000000447. The lowest BCUT2D eigenvalue weighted by molar-refractivity contribution is -0.135. The Morgan fingerprint density at radius 1 is 1.38 bits per heavy atom. The molecular weight excluding hydrogens is 340 g/mol. The molecule has 2 bridgehead atoms. The van der Waals surface area contributed by atoms with Crippen LogP contribution in [0.2, 0.25) is 0 Å². The van der Waals surface area contributed by atoms with E-state index in [9.17, 15) is 4.79 Å². The number of nitrogens with zero attached hydrogens (tertiary/aromatic N) is 4. The van der Waals surface area contributed by atoms with Crippen molar-refractivity contribution in [1.82, 2.24) is 19.8 Å². The first-order valence-electron chi connectivity index (χ1n) is 8.40. The van der Waals surface area contributed by atoms with Gasteiger partial charge in [-0.3, -0.25) is 14.5 Å². The molecule has 9 nitrogen and oxygen atoms in total. The van der Waals surface area contributed by atoms with Gasteiger partial charge >= 0.3 is 0 Å². The van der Waals surface area contributed by atoms with Crippen molar-refractivity contribution in [2.75, 3.05) is 33.4 Å². The number of fused-ring (bicyclic) bond motifs is 4. The van der Waals surface area contributed by atoms with Gasteiger partial charge in [0.25, 0.3) is 5.97 Å². The topological polar surface area (TPSA) is 109 Å². The second-order valence-electron chi connectivity index (χ2n) is 6.48. The maximum atomic E-state index is 12.3. The largest absolute Gasteiger partial charge is 0.481 e. The highest BCUT2D eigenvalue weighted by molar-refractivity contribution is 5.80. The molecule has 9 heteroatoms. The highest BCUT2D eigenvalue weighted by Crippen LogP contribution is 2.22. The average Bonchev–Trinajstić information content (AvgIpc) is 2.87. The van der Waals surface area contributed by atoms with E-state index in [-0.39, 0.29) is 17.9 Å². The van der Waals surface area contributed by atoms with Crippen molar-refractivity contribution in [2.24, 2.45) is 5.92 Å². The van der Waals surface area contributed by atoms with Gasteiger partial charge in [-0.1, -0.05) is 0 Å². The zero-order valence-corrected chi connectivity index (χ0v) is 14.8. The highest BCUT2D eigenvalue weighted by Gasteiger charge is 2.37. The maximum Gasteiger partial charge on any atom is 0.300 e.